The fourth-order valence-electron chi connectivity index (χ4n) is 5.11. The van der Waals surface area contributed by atoms with Gasteiger partial charge in [-0.3, -0.25) is 0 Å². The van der Waals surface area contributed by atoms with Crippen LogP contribution in [0.2, 0.25) is 0 Å². The summed E-state index contributed by atoms with van der Waals surface area (Å²) in [6.07, 6.45) is 10.7. The molecule has 0 spiro atoms. The summed E-state index contributed by atoms with van der Waals surface area (Å²) in [6.45, 7) is 0. The SMILES string of the molecule is Fc1ccc2c(c1)cc(C1CC1)n1nc(-c3ccc(C4=CC=CCC4)o3)c(-c3ccccc3)c21. The first-order chi connectivity index (χ1) is 16.8. The number of aromatic nitrogens is 2. The number of fused-ring (bicyclic) bond motifs is 3. The van der Waals surface area contributed by atoms with E-state index in [9.17, 15) is 4.39 Å². The molecule has 0 amide bonds. The number of nitrogens with zero attached hydrogens (tertiary/aromatic N) is 2. The van der Waals surface area contributed by atoms with Gasteiger partial charge >= 0.3 is 0 Å². The van der Waals surface area contributed by atoms with Crippen LogP contribution in [0.1, 0.15) is 43.1 Å². The zero-order chi connectivity index (χ0) is 22.6. The van der Waals surface area contributed by atoms with Gasteiger partial charge in [-0.2, -0.15) is 5.10 Å². The lowest BCUT2D eigenvalue weighted by molar-refractivity contribution is 0.561. The van der Waals surface area contributed by atoms with Gasteiger partial charge in [0.2, 0.25) is 0 Å². The van der Waals surface area contributed by atoms with E-state index in [0.717, 1.165) is 76.0 Å². The number of hydrogen-bond acceptors (Lipinski definition) is 2. The standard InChI is InChI=1S/C30H23FN2O/c31-23-13-14-24-22(17-23)18-25(19-11-12-19)33-30(24)28(21-9-5-2-6-10-21)29(32-33)27-16-15-26(34-27)20-7-3-1-4-8-20/h1-3,5-7,9-10,13-19H,4,8,11-12H2. The minimum absolute atomic E-state index is 0.218. The summed E-state index contributed by atoms with van der Waals surface area (Å²) in [5.74, 6) is 1.89. The van der Waals surface area contributed by atoms with Crippen molar-refractivity contribution in [3.05, 3.63) is 102 Å². The Hall–Kier alpha value is -3.92. The second-order valence-corrected chi connectivity index (χ2v) is 9.25. The molecule has 3 nitrogen and oxygen atoms in total. The maximum atomic E-state index is 14.2. The summed E-state index contributed by atoms with van der Waals surface area (Å²) in [4.78, 5) is 0. The van der Waals surface area contributed by atoms with Crippen LogP contribution in [0.4, 0.5) is 4.39 Å². The van der Waals surface area contributed by atoms with Crippen LogP contribution >= 0.6 is 0 Å². The summed E-state index contributed by atoms with van der Waals surface area (Å²) >= 11 is 0. The third-order valence-corrected chi connectivity index (χ3v) is 6.93. The number of pyridine rings is 1. The highest BCUT2D eigenvalue weighted by Gasteiger charge is 2.30. The van der Waals surface area contributed by atoms with Crippen molar-refractivity contribution in [3.8, 4) is 22.6 Å². The van der Waals surface area contributed by atoms with E-state index < -0.39 is 0 Å². The zero-order valence-electron chi connectivity index (χ0n) is 18.7. The van der Waals surface area contributed by atoms with E-state index in [2.05, 4.69) is 40.9 Å². The number of furan rings is 1. The quantitative estimate of drug-likeness (QED) is 0.279. The molecule has 0 unspecified atom stereocenters. The van der Waals surface area contributed by atoms with E-state index >= 15 is 0 Å². The lowest BCUT2D eigenvalue weighted by atomic mass is 9.99. The van der Waals surface area contributed by atoms with E-state index in [1.54, 1.807) is 6.07 Å². The van der Waals surface area contributed by atoms with Gasteiger partial charge in [-0.25, -0.2) is 8.91 Å². The first-order valence-corrected chi connectivity index (χ1v) is 11.9. The van der Waals surface area contributed by atoms with Gasteiger partial charge in [0.05, 0.1) is 5.52 Å². The number of rotatable bonds is 4. The maximum Gasteiger partial charge on any atom is 0.155 e. The maximum absolute atomic E-state index is 14.2. The Bertz CT molecular complexity index is 1620. The molecule has 166 valence electrons. The van der Waals surface area contributed by atoms with Crippen LogP contribution in [-0.4, -0.2) is 9.61 Å². The van der Waals surface area contributed by atoms with Crippen LogP contribution < -0.4 is 0 Å². The lowest BCUT2D eigenvalue weighted by Crippen LogP contribution is -1.98. The monoisotopic (exact) mass is 446 g/mol. The van der Waals surface area contributed by atoms with Crippen LogP contribution in [0, 0.1) is 5.82 Å². The molecule has 0 bridgehead atoms. The van der Waals surface area contributed by atoms with Crippen LogP contribution in [-0.2, 0) is 0 Å². The van der Waals surface area contributed by atoms with Crippen LogP contribution in [0.3, 0.4) is 0 Å². The molecule has 5 aromatic rings. The molecule has 0 atom stereocenters. The Balaban J connectivity index is 1.54. The van der Waals surface area contributed by atoms with Crippen molar-refractivity contribution in [2.45, 2.75) is 31.6 Å². The number of benzene rings is 2. The molecule has 0 radical (unpaired) electrons. The molecule has 3 aromatic heterocycles. The Morgan fingerprint density at radius 2 is 1.79 bits per heavy atom. The van der Waals surface area contributed by atoms with Crippen molar-refractivity contribution in [1.29, 1.82) is 0 Å². The highest BCUT2D eigenvalue weighted by atomic mass is 19.1. The second-order valence-electron chi connectivity index (χ2n) is 9.25. The molecule has 0 saturated heterocycles. The molecule has 2 aliphatic rings. The molecule has 3 heterocycles. The molecule has 2 aliphatic carbocycles. The number of allylic oxidation sites excluding steroid dienone is 4. The molecular formula is C30H23FN2O. The predicted molar refractivity (Wildman–Crippen MR) is 134 cm³/mol. The molecule has 1 fully saturated rings. The average Bonchev–Trinajstić information content (AvgIpc) is 3.46. The van der Waals surface area contributed by atoms with E-state index in [1.807, 2.05) is 36.4 Å². The third kappa shape index (κ3) is 3.13. The first kappa shape index (κ1) is 19.5. The van der Waals surface area contributed by atoms with E-state index in [-0.39, 0.29) is 5.82 Å². The number of halogens is 1. The normalized spacial score (nSPS) is 15.9. The van der Waals surface area contributed by atoms with Crippen LogP contribution in [0.25, 0.3) is 44.4 Å². The largest absolute Gasteiger partial charge is 0.455 e. The average molecular weight is 447 g/mol. The molecule has 1 saturated carbocycles. The molecule has 2 aromatic carbocycles. The Morgan fingerprint density at radius 3 is 2.59 bits per heavy atom. The van der Waals surface area contributed by atoms with Crippen molar-refractivity contribution < 1.29 is 8.81 Å². The van der Waals surface area contributed by atoms with Crippen molar-refractivity contribution >= 4 is 21.9 Å². The van der Waals surface area contributed by atoms with Gasteiger partial charge < -0.3 is 4.42 Å². The highest BCUT2D eigenvalue weighted by molar-refractivity contribution is 6.07. The molecular weight excluding hydrogens is 423 g/mol. The van der Waals surface area contributed by atoms with Gasteiger partial charge in [0.1, 0.15) is 17.3 Å². The van der Waals surface area contributed by atoms with Gasteiger partial charge in [0.25, 0.3) is 0 Å². The summed E-state index contributed by atoms with van der Waals surface area (Å²) in [6, 6.07) is 21.6. The molecule has 0 N–H and O–H groups in total. The van der Waals surface area contributed by atoms with Crippen LogP contribution in [0.15, 0.2) is 89.4 Å². The van der Waals surface area contributed by atoms with Crippen molar-refractivity contribution in [3.63, 3.8) is 0 Å². The smallest absolute Gasteiger partial charge is 0.155 e. The van der Waals surface area contributed by atoms with Crippen molar-refractivity contribution in [2.75, 3.05) is 0 Å². The molecule has 7 rings (SSSR count). The minimum Gasteiger partial charge on any atom is -0.455 e. The van der Waals surface area contributed by atoms with E-state index in [4.69, 9.17) is 9.52 Å². The summed E-state index contributed by atoms with van der Waals surface area (Å²) < 4.78 is 22.7. The Morgan fingerprint density at radius 1 is 0.941 bits per heavy atom. The summed E-state index contributed by atoms with van der Waals surface area (Å²) in [7, 11) is 0. The second kappa shape index (κ2) is 7.56. The predicted octanol–water partition coefficient (Wildman–Crippen LogP) is 8.16. The first-order valence-electron chi connectivity index (χ1n) is 11.9. The van der Waals surface area contributed by atoms with Crippen molar-refractivity contribution in [1.82, 2.24) is 9.61 Å². The van der Waals surface area contributed by atoms with Crippen LogP contribution in [0.5, 0.6) is 0 Å². The fraction of sp³-hybridized carbons (Fsp3) is 0.167. The van der Waals surface area contributed by atoms with Gasteiger partial charge in [0, 0.05) is 22.6 Å². The van der Waals surface area contributed by atoms with Crippen molar-refractivity contribution in [2.24, 2.45) is 0 Å². The molecule has 4 heteroatoms. The van der Waals surface area contributed by atoms with Gasteiger partial charge in [-0.05, 0) is 78.6 Å². The lowest BCUT2D eigenvalue weighted by Gasteiger charge is -2.09. The van der Waals surface area contributed by atoms with Gasteiger partial charge in [-0.1, -0.05) is 48.6 Å². The van der Waals surface area contributed by atoms with Gasteiger partial charge in [0.15, 0.2) is 5.76 Å². The molecule has 34 heavy (non-hydrogen) atoms. The topological polar surface area (TPSA) is 30.4 Å². The zero-order valence-corrected chi connectivity index (χ0v) is 18.7. The fourth-order valence-corrected chi connectivity index (χ4v) is 5.11. The van der Waals surface area contributed by atoms with Gasteiger partial charge in [-0.15, -0.1) is 0 Å². The summed E-state index contributed by atoms with van der Waals surface area (Å²) in [5.41, 5.74) is 6.28. The summed E-state index contributed by atoms with van der Waals surface area (Å²) in [5, 5.41) is 7.06. The minimum atomic E-state index is -0.218. The van der Waals surface area contributed by atoms with E-state index in [1.165, 1.54) is 11.6 Å². The number of hydrogen-bond donors (Lipinski definition) is 0. The third-order valence-electron chi connectivity index (χ3n) is 6.93. The Labute approximate surface area is 196 Å². The molecule has 0 aliphatic heterocycles. The van der Waals surface area contributed by atoms with E-state index in [0.29, 0.717) is 5.92 Å². The highest BCUT2D eigenvalue weighted by Crippen LogP contribution is 2.45. The Kier molecular flexibility index (Phi) is 4.34.